The van der Waals surface area contributed by atoms with Gasteiger partial charge in [0.15, 0.2) is 5.78 Å². The number of aliphatic carboxylic acids is 1. The van der Waals surface area contributed by atoms with Crippen molar-refractivity contribution in [3.05, 3.63) is 46.8 Å². The summed E-state index contributed by atoms with van der Waals surface area (Å²) in [6, 6.07) is 7.72. The van der Waals surface area contributed by atoms with Gasteiger partial charge in [0.25, 0.3) is 0 Å². The zero-order valence-electron chi connectivity index (χ0n) is 16.7. The molecule has 0 heterocycles. The average molecular weight is 383 g/mol. The second-order valence-corrected chi connectivity index (χ2v) is 8.77. The number of fused-ring (bicyclic) bond motifs is 1. The molecule has 28 heavy (non-hydrogen) atoms. The molecule has 0 radical (unpaired) electrons. The van der Waals surface area contributed by atoms with Crippen molar-refractivity contribution in [1.29, 1.82) is 0 Å². The molecule has 3 unspecified atom stereocenters. The van der Waals surface area contributed by atoms with Gasteiger partial charge in [-0.2, -0.15) is 0 Å². The van der Waals surface area contributed by atoms with E-state index in [2.05, 4.69) is 4.85 Å². The molecule has 4 atom stereocenters. The predicted octanol–water partition coefficient (Wildman–Crippen LogP) is 4.26. The topological polar surface area (TPSA) is 68.0 Å². The molecule has 0 bridgehead atoms. The van der Waals surface area contributed by atoms with Crippen LogP contribution in [0.25, 0.3) is 4.85 Å². The maximum absolute atomic E-state index is 13.0. The predicted molar refractivity (Wildman–Crippen MR) is 106 cm³/mol. The van der Waals surface area contributed by atoms with Crippen LogP contribution in [0.2, 0.25) is 0 Å². The number of hydrogen-bond donors (Lipinski definition) is 1. The van der Waals surface area contributed by atoms with Gasteiger partial charge in [-0.25, -0.2) is 6.57 Å². The molecule has 2 aliphatic carbocycles. The maximum atomic E-state index is 13.0. The number of nitrogens with zero attached hydrogens (tertiary/aromatic N) is 1. The molecule has 0 amide bonds. The molecule has 5 heteroatoms. The highest BCUT2D eigenvalue weighted by atomic mass is 16.5. The second-order valence-electron chi connectivity index (χ2n) is 8.77. The molecule has 1 aromatic carbocycles. The average Bonchev–Trinajstić information content (AvgIpc) is 3.23. The molecular formula is C23H29NO4. The molecule has 0 aliphatic heterocycles. The normalized spacial score (nSPS) is 26.6. The summed E-state index contributed by atoms with van der Waals surface area (Å²) >= 11 is 0. The quantitative estimate of drug-likeness (QED) is 0.538. The molecule has 0 saturated heterocycles. The Labute approximate surface area is 166 Å². The summed E-state index contributed by atoms with van der Waals surface area (Å²) in [5, 5.41) is 9.37. The second kappa shape index (κ2) is 8.45. The van der Waals surface area contributed by atoms with Gasteiger partial charge >= 0.3 is 5.97 Å². The van der Waals surface area contributed by atoms with Crippen LogP contribution in [0, 0.1) is 30.2 Å². The number of carboxylic acids is 1. The van der Waals surface area contributed by atoms with E-state index in [-0.39, 0.29) is 29.5 Å². The smallest absolute Gasteiger partial charge is 0.306 e. The van der Waals surface area contributed by atoms with Gasteiger partial charge in [0.1, 0.15) is 5.60 Å². The fraction of sp³-hybridized carbons (Fsp3) is 0.609. The number of rotatable bonds is 8. The van der Waals surface area contributed by atoms with Crippen LogP contribution in [-0.4, -0.2) is 35.6 Å². The Hall–Kier alpha value is -2.19. The first-order chi connectivity index (χ1) is 13.3. The highest BCUT2D eigenvalue weighted by molar-refractivity contribution is 5.98. The van der Waals surface area contributed by atoms with Gasteiger partial charge < -0.3 is 14.7 Å². The first-order valence-electron chi connectivity index (χ1n) is 10.2. The molecular weight excluding hydrogens is 354 g/mol. The fourth-order valence-corrected chi connectivity index (χ4v) is 4.96. The highest BCUT2D eigenvalue weighted by Gasteiger charge is 2.49. The van der Waals surface area contributed by atoms with Crippen LogP contribution in [0.1, 0.15) is 55.5 Å². The number of carbonyl (C=O) groups is 2. The third-order valence-corrected chi connectivity index (χ3v) is 6.44. The number of benzene rings is 1. The summed E-state index contributed by atoms with van der Waals surface area (Å²) in [6.45, 7) is 11.7. The summed E-state index contributed by atoms with van der Waals surface area (Å²) < 4.78 is 5.78. The molecule has 2 saturated carbocycles. The Balaban J connectivity index is 1.56. The molecule has 2 aliphatic rings. The molecule has 0 spiro atoms. The van der Waals surface area contributed by atoms with Crippen LogP contribution >= 0.6 is 0 Å². The van der Waals surface area contributed by atoms with Gasteiger partial charge in [-0.15, -0.1) is 0 Å². The summed E-state index contributed by atoms with van der Waals surface area (Å²) in [6.07, 6.45) is 3.97. The molecule has 1 N–H and O–H groups in total. The van der Waals surface area contributed by atoms with Gasteiger partial charge in [0.05, 0.1) is 12.5 Å². The van der Waals surface area contributed by atoms with E-state index >= 15 is 0 Å². The number of carboxylic acid groups (broad SMARTS) is 1. The van der Waals surface area contributed by atoms with Crippen LogP contribution in [0.3, 0.4) is 0 Å². The third kappa shape index (κ3) is 4.44. The fourth-order valence-electron chi connectivity index (χ4n) is 4.96. The van der Waals surface area contributed by atoms with E-state index in [0.717, 1.165) is 36.8 Å². The molecule has 150 valence electrons. The Bertz CT molecular complexity index is 762. The van der Waals surface area contributed by atoms with E-state index in [1.165, 1.54) is 0 Å². The van der Waals surface area contributed by atoms with Gasteiger partial charge in [0.2, 0.25) is 6.54 Å². The Morgan fingerprint density at radius 3 is 2.32 bits per heavy atom. The maximum Gasteiger partial charge on any atom is 0.306 e. The minimum Gasteiger partial charge on any atom is -0.481 e. The van der Waals surface area contributed by atoms with E-state index in [0.29, 0.717) is 19.6 Å². The summed E-state index contributed by atoms with van der Waals surface area (Å²) in [5.41, 5.74) is 1.39. The first-order valence-corrected chi connectivity index (χ1v) is 10.2. The molecule has 0 aromatic heterocycles. The largest absolute Gasteiger partial charge is 0.481 e. The minimum atomic E-state index is -0.702. The molecule has 2 fully saturated rings. The van der Waals surface area contributed by atoms with Crippen molar-refractivity contribution in [2.45, 2.75) is 51.6 Å². The van der Waals surface area contributed by atoms with Crippen molar-refractivity contribution >= 4 is 11.8 Å². The summed E-state index contributed by atoms with van der Waals surface area (Å²) in [7, 11) is 0. The summed E-state index contributed by atoms with van der Waals surface area (Å²) in [5.74, 6) is -0.436. The number of Topliss-reactive ketones (excluding diaryl/α,β-unsaturated/α-hetero) is 1. The van der Waals surface area contributed by atoms with Crippen molar-refractivity contribution in [2.75, 3.05) is 13.2 Å². The number of hydrogen-bond acceptors (Lipinski definition) is 3. The minimum absolute atomic E-state index is 0.0297. The van der Waals surface area contributed by atoms with Crippen molar-refractivity contribution in [2.24, 2.45) is 23.7 Å². The Morgan fingerprint density at radius 2 is 1.71 bits per heavy atom. The van der Waals surface area contributed by atoms with Crippen LogP contribution in [-0.2, 0) is 16.0 Å². The Kier molecular flexibility index (Phi) is 6.20. The number of carbonyl (C=O) groups excluding carboxylic acids is 1. The molecule has 5 nitrogen and oxygen atoms in total. The molecule has 3 rings (SSSR count). The lowest BCUT2D eigenvalue weighted by Gasteiger charge is -2.19. The third-order valence-electron chi connectivity index (χ3n) is 6.44. The van der Waals surface area contributed by atoms with E-state index in [1.807, 2.05) is 38.1 Å². The SMILES string of the molecule is [C-]#[N+]CC(C)(C)OCCc1ccc(C(=O)C2CCC3C2CC[C@@H]3C(=O)O)cc1. The van der Waals surface area contributed by atoms with E-state index in [9.17, 15) is 14.7 Å². The lowest BCUT2D eigenvalue weighted by Crippen LogP contribution is -2.28. The zero-order chi connectivity index (χ0) is 20.3. The number of ketones is 1. The van der Waals surface area contributed by atoms with Crippen molar-refractivity contribution in [1.82, 2.24) is 0 Å². The zero-order valence-corrected chi connectivity index (χ0v) is 16.7. The molecule has 1 aromatic rings. The van der Waals surface area contributed by atoms with Crippen LogP contribution in [0.4, 0.5) is 0 Å². The van der Waals surface area contributed by atoms with Crippen LogP contribution in [0.5, 0.6) is 0 Å². The lowest BCUT2D eigenvalue weighted by molar-refractivity contribution is -0.143. The van der Waals surface area contributed by atoms with E-state index < -0.39 is 11.6 Å². The van der Waals surface area contributed by atoms with E-state index in [1.54, 1.807) is 0 Å². The lowest BCUT2D eigenvalue weighted by atomic mass is 9.84. The summed E-state index contributed by atoms with van der Waals surface area (Å²) in [4.78, 5) is 27.8. The van der Waals surface area contributed by atoms with Gasteiger partial charge in [0, 0.05) is 11.5 Å². The van der Waals surface area contributed by atoms with Crippen molar-refractivity contribution in [3.63, 3.8) is 0 Å². The number of ether oxygens (including phenoxy) is 1. The monoisotopic (exact) mass is 383 g/mol. The standard InChI is InChI=1S/C23H29NO4/c1-23(2,14-24-3)28-13-12-15-4-6-16(7-5-15)21(25)19-10-8-18-17(19)9-11-20(18)22(26)27/h4-7,17-20H,8-14H2,1-2H3,(H,26,27)/t17?,18?,19?,20-/m0/s1. The van der Waals surface area contributed by atoms with Gasteiger partial charge in [-0.1, -0.05) is 24.3 Å². The Morgan fingerprint density at radius 1 is 1.11 bits per heavy atom. The van der Waals surface area contributed by atoms with Crippen LogP contribution in [0.15, 0.2) is 24.3 Å². The first kappa shape index (κ1) is 20.5. The van der Waals surface area contributed by atoms with Gasteiger partial charge in [-0.05, 0) is 63.4 Å². The van der Waals surface area contributed by atoms with E-state index in [4.69, 9.17) is 11.3 Å². The highest BCUT2D eigenvalue weighted by Crippen LogP contribution is 2.51. The van der Waals surface area contributed by atoms with Gasteiger partial charge in [-0.3, -0.25) is 9.59 Å². The van der Waals surface area contributed by atoms with Crippen molar-refractivity contribution < 1.29 is 19.4 Å². The van der Waals surface area contributed by atoms with Crippen LogP contribution < -0.4 is 0 Å². The van der Waals surface area contributed by atoms with Crippen molar-refractivity contribution in [3.8, 4) is 0 Å².